The molecule has 3 rings (SSSR count). The van der Waals surface area contributed by atoms with Gasteiger partial charge < -0.3 is 9.84 Å². The van der Waals surface area contributed by atoms with E-state index in [2.05, 4.69) is 10.5 Å². The summed E-state index contributed by atoms with van der Waals surface area (Å²) in [5.74, 6) is -2.20. The Morgan fingerprint density at radius 3 is 2.59 bits per heavy atom. The number of hydrogen-bond donors (Lipinski definition) is 1. The fraction of sp³-hybridized carbons (Fsp3) is 0. The van der Waals surface area contributed by atoms with E-state index < -0.39 is 17.5 Å². The van der Waals surface area contributed by atoms with Crippen molar-refractivity contribution in [3.8, 4) is 11.3 Å². The third-order valence-corrected chi connectivity index (χ3v) is 2.98. The Hall–Kier alpha value is -3.02. The minimum atomic E-state index is -0.738. The summed E-state index contributed by atoms with van der Waals surface area (Å²) >= 11 is 0. The molecule has 1 N–H and O–H groups in total. The fourth-order valence-electron chi connectivity index (χ4n) is 1.90. The molecule has 0 bridgehead atoms. The van der Waals surface area contributed by atoms with Crippen molar-refractivity contribution in [2.24, 2.45) is 0 Å². The van der Waals surface area contributed by atoms with Crippen molar-refractivity contribution in [3.63, 3.8) is 0 Å². The molecule has 0 saturated heterocycles. The highest BCUT2D eigenvalue weighted by Crippen LogP contribution is 2.20. The predicted octanol–water partition coefficient (Wildman–Crippen LogP) is 3.87. The molecule has 0 atom stereocenters. The lowest BCUT2D eigenvalue weighted by atomic mass is 10.1. The van der Waals surface area contributed by atoms with Crippen LogP contribution in [0.15, 0.2) is 59.1 Å². The van der Waals surface area contributed by atoms with E-state index in [0.717, 1.165) is 23.8 Å². The molecule has 0 unspecified atom stereocenters. The van der Waals surface area contributed by atoms with Crippen molar-refractivity contribution in [2.75, 3.05) is 5.32 Å². The van der Waals surface area contributed by atoms with E-state index in [-0.39, 0.29) is 11.4 Å². The number of amides is 1. The number of carbonyl (C=O) groups is 1. The Kier molecular flexibility index (Phi) is 3.65. The smallest absolute Gasteiger partial charge is 0.294 e. The molecule has 4 nitrogen and oxygen atoms in total. The highest BCUT2D eigenvalue weighted by atomic mass is 19.1. The molecule has 2 aromatic carbocycles. The second-order valence-corrected chi connectivity index (χ2v) is 4.52. The van der Waals surface area contributed by atoms with E-state index in [1.54, 1.807) is 0 Å². The van der Waals surface area contributed by atoms with Gasteiger partial charge in [0.25, 0.3) is 5.91 Å². The summed E-state index contributed by atoms with van der Waals surface area (Å²) in [6.07, 6.45) is 0. The summed E-state index contributed by atoms with van der Waals surface area (Å²) in [7, 11) is 0. The van der Waals surface area contributed by atoms with Gasteiger partial charge in [-0.25, -0.2) is 8.78 Å². The van der Waals surface area contributed by atoms with Crippen LogP contribution in [-0.2, 0) is 0 Å². The Morgan fingerprint density at radius 1 is 1.05 bits per heavy atom. The topological polar surface area (TPSA) is 55.1 Å². The quantitative estimate of drug-likeness (QED) is 0.798. The maximum atomic E-state index is 13.5. The first-order valence-electron chi connectivity index (χ1n) is 6.42. The standard InChI is InChI=1S/C16H10F2N2O2/c17-11-6-7-12(18)14(8-11)19-16(21)15-9-13(20-22-15)10-4-2-1-3-5-10/h1-9H,(H,19,21). The molecule has 1 amide bonds. The Morgan fingerprint density at radius 2 is 1.82 bits per heavy atom. The maximum absolute atomic E-state index is 13.5. The first-order chi connectivity index (χ1) is 10.6. The second-order valence-electron chi connectivity index (χ2n) is 4.52. The van der Waals surface area contributed by atoms with Crippen LogP contribution in [0, 0.1) is 11.6 Å². The van der Waals surface area contributed by atoms with E-state index in [1.165, 1.54) is 6.07 Å². The number of anilines is 1. The van der Waals surface area contributed by atoms with Gasteiger partial charge in [-0.1, -0.05) is 35.5 Å². The van der Waals surface area contributed by atoms with Crippen molar-refractivity contribution >= 4 is 11.6 Å². The summed E-state index contributed by atoms with van der Waals surface area (Å²) in [5.41, 5.74) is 0.996. The average Bonchev–Trinajstić information content (AvgIpc) is 3.02. The zero-order valence-electron chi connectivity index (χ0n) is 11.2. The Bertz CT molecular complexity index is 816. The highest BCUT2D eigenvalue weighted by molar-refractivity contribution is 6.02. The van der Waals surface area contributed by atoms with E-state index in [0.29, 0.717) is 5.69 Å². The van der Waals surface area contributed by atoms with E-state index >= 15 is 0 Å². The number of benzene rings is 2. The van der Waals surface area contributed by atoms with Crippen LogP contribution in [0.2, 0.25) is 0 Å². The third-order valence-electron chi connectivity index (χ3n) is 2.98. The summed E-state index contributed by atoms with van der Waals surface area (Å²) in [4.78, 5) is 12.0. The molecular weight excluding hydrogens is 290 g/mol. The molecule has 0 saturated carbocycles. The predicted molar refractivity (Wildman–Crippen MR) is 76.3 cm³/mol. The van der Waals surface area contributed by atoms with E-state index in [4.69, 9.17) is 4.52 Å². The first kappa shape index (κ1) is 13.9. The number of rotatable bonds is 3. The molecule has 0 fully saturated rings. The van der Waals surface area contributed by atoms with Gasteiger partial charge in [0.15, 0.2) is 0 Å². The maximum Gasteiger partial charge on any atom is 0.294 e. The highest BCUT2D eigenvalue weighted by Gasteiger charge is 2.16. The lowest BCUT2D eigenvalue weighted by molar-refractivity contribution is 0.0987. The van der Waals surface area contributed by atoms with Crippen LogP contribution in [0.3, 0.4) is 0 Å². The van der Waals surface area contributed by atoms with Gasteiger partial charge >= 0.3 is 0 Å². The monoisotopic (exact) mass is 300 g/mol. The molecule has 0 aliphatic rings. The van der Waals surface area contributed by atoms with Gasteiger partial charge in [-0.2, -0.15) is 0 Å². The average molecular weight is 300 g/mol. The minimum Gasteiger partial charge on any atom is -0.350 e. The summed E-state index contributed by atoms with van der Waals surface area (Å²) in [6, 6.07) is 13.3. The molecule has 3 aromatic rings. The third kappa shape index (κ3) is 2.85. The number of aromatic nitrogens is 1. The van der Waals surface area contributed by atoms with Gasteiger partial charge in [-0.05, 0) is 12.1 Å². The van der Waals surface area contributed by atoms with Crippen molar-refractivity contribution < 1.29 is 18.1 Å². The molecule has 0 aliphatic heterocycles. The van der Waals surface area contributed by atoms with Crippen LogP contribution in [0.25, 0.3) is 11.3 Å². The number of nitrogens with zero attached hydrogens (tertiary/aromatic N) is 1. The van der Waals surface area contributed by atoms with Crippen LogP contribution in [0.4, 0.5) is 14.5 Å². The molecule has 1 heterocycles. The Balaban J connectivity index is 1.81. The van der Waals surface area contributed by atoms with Crippen LogP contribution in [-0.4, -0.2) is 11.1 Å². The van der Waals surface area contributed by atoms with Crippen molar-refractivity contribution in [1.29, 1.82) is 0 Å². The Labute approximate surface area is 124 Å². The SMILES string of the molecule is O=C(Nc1cc(F)ccc1F)c1cc(-c2ccccc2)no1. The molecule has 0 radical (unpaired) electrons. The molecule has 22 heavy (non-hydrogen) atoms. The van der Waals surface area contributed by atoms with E-state index in [1.807, 2.05) is 30.3 Å². The van der Waals surface area contributed by atoms with Gasteiger partial charge in [0.1, 0.15) is 17.3 Å². The van der Waals surface area contributed by atoms with Crippen LogP contribution in [0.5, 0.6) is 0 Å². The van der Waals surface area contributed by atoms with Crippen LogP contribution >= 0.6 is 0 Å². The summed E-state index contributed by atoms with van der Waals surface area (Å²) in [5, 5.41) is 6.03. The van der Waals surface area contributed by atoms with Crippen LogP contribution in [0.1, 0.15) is 10.6 Å². The van der Waals surface area contributed by atoms with Crippen LogP contribution < -0.4 is 5.32 Å². The van der Waals surface area contributed by atoms with Gasteiger partial charge in [-0.15, -0.1) is 0 Å². The second kappa shape index (κ2) is 5.77. The molecule has 1 aromatic heterocycles. The van der Waals surface area contributed by atoms with Gasteiger partial charge in [0.05, 0.1) is 5.69 Å². The lowest BCUT2D eigenvalue weighted by Crippen LogP contribution is -2.12. The molecule has 110 valence electrons. The van der Waals surface area contributed by atoms with Crippen molar-refractivity contribution in [2.45, 2.75) is 0 Å². The first-order valence-corrected chi connectivity index (χ1v) is 6.42. The van der Waals surface area contributed by atoms with Crippen molar-refractivity contribution in [1.82, 2.24) is 5.16 Å². The normalized spacial score (nSPS) is 10.5. The summed E-state index contributed by atoms with van der Waals surface area (Å²) in [6.45, 7) is 0. The minimum absolute atomic E-state index is 0.0949. The number of nitrogens with one attached hydrogen (secondary N) is 1. The summed E-state index contributed by atoms with van der Waals surface area (Å²) < 4.78 is 31.5. The number of hydrogen-bond acceptors (Lipinski definition) is 3. The number of halogens is 2. The van der Waals surface area contributed by atoms with Gasteiger partial charge in [-0.3, -0.25) is 4.79 Å². The molecular formula is C16H10F2N2O2. The fourth-order valence-corrected chi connectivity index (χ4v) is 1.90. The molecule has 0 aliphatic carbocycles. The van der Waals surface area contributed by atoms with Gasteiger partial charge in [0.2, 0.25) is 5.76 Å². The molecule has 6 heteroatoms. The lowest BCUT2D eigenvalue weighted by Gasteiger charge is -2.03. The van der Waals surface area contributed by atoms with E-state index in [9.17, 15) is 13.6 Å². The van der Waals surface area contributed by atoms with Gasteiger partial charge in [0, 0.05) is 17.7 Å². The molecule has 0 spiro atoms. The zero-order valence-corrected chi connectivity index (χ0v) is 11.2. The number of carbonyl (C=O) groups excluding carboxylic acids is 1. The zero-order chi connectivity index (χ0) is 15.5. The largest absolute Gasteiger partial charge is 0.350 e. The van der Waals surface area contributed by atoms with Crippen molar-refractivity contribution in [3.05, 3.63) is 72.0 Å².